The fraction of sp³-hybridized carbons (Fsp3) is 0.125. The number of aromatic nitrogens is 1. The van der Waals surface area contributed by atoms with Gasteiger partial charge >= 0.3 is 0 Å². The number of hydrogen-bond acceptors (Lipinski definition) is 2. The molecule has 96 valence electrons. The highest BCUT2D eigenvalue weighted by atomic mass is 16.3. The summed E-state index contributed by atoms with van der Waals surface area (Å²) < 4.78 is 0. The van der Waals surface area contributed by atoms with E-state index < -0.39 is 0 Å². The number of aryl methyl sites for hydroxylation is 1. The summed E-state index contributed by atoms with van der Waals surface area (Å²) in [6.45, 7) is 2.01. The van der Waals surface area contributed by atoms with Gasteiger partial charge in [0.15, 0.2) is 0 Å². The lowest BCUT2D eigenvalue weighted by Gasteiger charge is -2.05. The molecule has 0 aliphatic rings. The molecule has 0 radical (unpaired) electrons. The molecule has 0 saturated heterocycles. The second-order valence-corrected chi connectivity index (χ2v) is 4.76. The smallest absolute Gasteiger partial charge is 0.119 e. The summed E-state index contributed by atoms with van der Waals surface area (Å²) in [5.74, 6) is 0.557. The van der Waals surface area contributed by atoms with Crippen molar-refractivity contribution < 1.29 is 10.2 Å². The molecule has 3 heteroatoms. The number of phenols is 2. The monoisotopic (exact) mass is 253 g/mol. The van der Waals surface area contributed by atoms with E-state index in [1.54, 1.807) is 18.2 Å². The normalized spacial score (nSPS) is 11.0. The largest absolute Gasteiger partial charge is 0.508 e. The Hall–Kier alpha value is -2.42. The van der Waals surface area contributed by atoms with Crippen LogP contribution in [-0.2, 0) is 6.42 Å². The molecule has 0 bridgehead atoms. The fourth-order valence-corrected chi connectivity index (χ4v) is 2.45. The van der Waals surface area contributed by atoms with E-state index in [4.69, 9.17) is 0 Å². The number of rotatable bonds is 2. The van der Waals surface area contributed by atoms with Crippen LogP contribution in [0.3, 0.4) is 0 Å². The first-order chi connectivity index (χ1) is 9.15. The van der Waals surface area contributed by atoms with Crippen molar-refractivity contribution in [3.05, 3.63) is 59.3 Å². The van der Waals surface area contributed by atoms with Gasteiger partial charge in [0, 0.05) is 23.0 Å². The summed E-state index contributed by atoms with van der Waals surface area (Å²) in [4.78, 5) is 3.30. The van der Waals surface area contributed by atoms with E-state index >= 15 is 0 Å². The van der Waals surface area contributed by atoms with Crippen LogP contribution in [0.2, 0.25) is 0 Å². The van der Waals surface area contributed by atoms with Crippen molar-refractivity contribution in [2.24, 2.45) is 0 Å². The van der Waals surface area contributed by atoms with Crippen LogP contribution in [-0.4, -0.2) is 15.2 Å². The van der Waals surface area contributed by atoms with E-state index in [1.807, 2.05) is 31.2 Å². The van der Waals surface area contributed by atoms with Crippen LogP contribution < -0.4 is 0 Å². The molecule has 3 N–H and O–H groups in total. The van der Waals surface area contributed by atoms with Crippen molar-refractivity contribution >= 4 is 10.9 Å². The van der Waals surface area contributed by atoms with Crippen LogP contribution in [0, 0.1) is 6.92 Å². The summed E-state index contributed by atoms with van der Waals surface area (Å²) in [5, 5.41) is 20.5. The highest BCUT2D eigenvalue weighted by Gasteiger charge is 2.11. The molecule has 0 unspecified atom stereocenters. The molecule has 0 aliphatic heterocycles. The van der Waals surface area contributed by atoms with Crippen molar-refractivity contribution in [1.29, 1.82) is 0 Å². The van der Waals surface area contributed by atoms with E-state index in [2.05, 4.69) is 4.98 Å². The third-order valence-corrected chi connectivity index (χ3v) is 3.46. The van der Waals surface area contributed by atoms with E-state index in [-0.39, 0.29) is 5.75 Å². The Morgan fingerprint density at radius 2 is 1.84 bits per heavy atom. The highest BCUT2D eigenvalue weighted by Crippen LogP contribution is 2.29. The first kappa shape index (κ1) is 11.7. The topological polar surface area (TPSA) is 56.2 Å². The molecular formula is C16H15NO2. The van der Waals surface area contributed by atoms with Crippen LogP contribution in [0.15, 0.2) is 42.5 Å². The van der Waals surface area contributed by atoms with E-state index in [1.165, 1.54) is 0 Å². The molecule has 3 rings (SSSR count). The van der Waals surface area contributed by atoms with E-state index in [9.17, 15) is 10.2 Å². The zero-order chi connectivity index (χ0) is 13.4. The summed E-state index contributed by atoms with van der Waals surface area (Å²) in [5.41, 5.74) is 4.05. The lowest BCUT2D eigenvalue weighted by molar-refractivity contribution is 0.469. The number of para-hydroxylation sites is 1. The van der Waals surface area contributed by atoms with Crippen molar-refractivity contribution in [3.63, 3.8) is 0 Å². The molecule has 0 fully saturated rings. The predicted octanol–water partition coefficient (Wildman–Crippen LogP) is 3.48. The third-order valence-electron chi connectivity index (χ3n) is 3.46. The Labute approximate surface area is 111 Å². The second kappa shape index (κ2) is 4.35. The van der Waals surface area contributed by atoms with Crippen molar-refractivity contribution in [2.45, 2.75) is 13.3 Å². The first-order valence-electron chi connectivity index (χ1n) is 6.22. The van der Waals surface area contributed by atoms with Crippen LogP contribution >= 0.6 is 0 Å². The van der Waals surface area contributed by atoms with Gasteiger partial charge in [-0.2, -0.15) is 0 Å². The number of H-pyrrole nitrogens is 1. The minimum atomic E-state index is 0.255. The maximum Gasteiger partial charge on any atom is 0.119 e. The summed E-state index contributed by atoms with van der Waals surface area (Å²) in [6, 6.07) is 12.6. The van der Waals surface area contributed by atoms with Gasteiger partial charge in [-0.3, -0.25) is 0 Å². The summed E-state index contributed by atoms with van der Waals surface area (Å²) >= 11 is 0. The van der Waals surface area contributed by atoms with Gasteiger partial charge in [0.05, 0.1) is 0 Å². The van der Waals surface area contributed by atoms with Gasteiger partial charge < -0.3 is 15.2 Å². The van der Waals surface area contributed by atoms with E-state index in [0.29, 0.717) is 12.2 Å². The molecule has 1 heterocycles. The van der Waals surface area contributed by atoms with Crippen LogP contribution in [0.1, 0.15) is 16.8 Å². The van der Waals surface area contributed by atoms with Gasteiger partial charge in [-0.1, -0.05) is 18.2 Å². The van der Waals surface area contributed by atoms with Crippen LogP contribution in [0.5, 0.6) is 11.5 Å². The molecule has 0 saturated carbocycles. The summed E-state index contributed by atoms with van der Waals surface area (Å²) in [7, 11) is 0. The Morgan fingerprint density at radius 3 is 2.63 bits per heavy atom. The van der Waals surface area contributed by atoms with Crippen molar-refractivity contribution in [3.8, 4) is 11.5 Å². The standard InChI is InChI=1S/C16H15NO2/c1-10-13(8-11-4-2-3-5-16(11)19)14-9-12(18)6-7-15(14)17-10/h2-7,9,17-19H,8H2,1H3. The Balaban J connectivity index is 2.12. The Morgan fingerprint density at radius 1 is 1.05 bits per heavy atom. The van der Waals surface area contributed by atoms with Gasteiger partial charge in [0.2, 0.25) is 0 Å². The van der Waals surface area contributed by atoms with Gasteiger partial charge in [-0.15, -0.1) is 0 Å². The van der Waals surface area contributed by atoms with Gasteiger partial charge in [0.25, 0.3) is 0 Å². The maximum absolute atomic E-state index is 9.87. The summed E-state index contributed by atoms with van der Waals surface area (Å²) in [6.07, 6.45) is 0.641. The molecule has 3 aromatic rings. The van der Waals surface area contributed by atoms with Crippen LogP contribution in [0.25, 0.3) is 10.9 Å². The van der Waals surface area contributed by atoms with E-state index in [0.717, 1.165) is 27.7 Å². The number of aromatic hydroxyl groups is 2. The molecule has 2 aromatic carbocycles. The molecule has 3 nitrogen and oxygen atoms in total. The minimum absolute atomic E-state index is 0.255. The Bertz CT molecular complexity index is 744. The average molecular weight is 253 g/mol. The average Bonchev–Trinajstić information content (AvgIpc) is 2.69. The quantitative estimate of drug-likeness (QED) is 0.655. The molecular weight excluding hydrogens is 238 g/mol. The zero-order valence-electron chi connectivity index (χ0n) is 10.6. The number of benzene rings is 2. The minimum Gasteiger partial charge on any atom is -0.508 e. The predicted molar refractivity (Wildman–Crippen MR) is 75.6 cm³/mol. The zero-order valence-corrected chi connectivity index (χ0v) is 10.6. The van der Waals surface area contributed by atoms with Crippen molar-refractivity contribution in [1.82, 2.24) is 4.98 Å². The highest BCUT2D eigenvalue weighted by molar-refractivity contribution is 5.86. The Kier molecular flexibility index (Phi) is 2.67. The number of aromatic amines is 1. The number of phenolic OH excluding ortho intramolecular Hbond substituents is 2. The molecule has 0 amide bonds. The van der Waals surface area contributed by atoms with Gasteiger partial charge in [-0.05, 0) is 42.3 Å². The molecule has 19 heavy (non-hydrogen) atoms. The van der Waals surface area contributed by atoms with Crippen LogP contribution in [0.4, 0.5) is 0 Å². The van der Waals surface area contributed by atoms with Crippen molar-refractivity contribution in [2.75, 3.05) is 0 Å². The molecule has 0 atom stereocenters. The lowest BCUT2D eigenvalue weighted by atomic mass is 10.0. The van der Waals surface area contributed by atoms with Gasteiger partial charge in [-0.25, -0.2) is 0 Å². The number of nitrogens with one attached hydrogen (secondary N) is 1. The molecule has 1 aromatic heterocycles. The third kappa shape index (κ3) is 2.03. The molecule has 0 spiro atoms. The first-order valence-corrected chi connectivity index (χ1v) is 6.22. The fourth-order valence-electron chi connectivity index (χ4n) is 2.45. The molecule has 0 aliphatic carbocycles. The number of fused-ring (bicyclic) bond motifs is 1. The van der Waals surface area contributed by atoms with Gasteiger partial charge in [0.1, 0.15) is 11.5 Å². The lowest BCUT2D eigenvalue weighted by Crippen LogP contribution is -1.90. The SMILES string of the molecule is Cc1[nH]c2ccc(O)cc2c1Cc1ccccc1O. The maximum atomic E-state index is 9.87. The second-order valence-electron chi connectivity index (χ2n) is 4.76. The number of hydrogen-bond donors (Lipinski definition) is 3.